The number of amides is 3. The molecule has 3 amide bonds. The Morgan fingerprint density at radius 1 is 1.04 bits per heavy atom. The lowest BCUT2D eigenvalue weighted by Crippen LogP contribution is -2.43. The topological polar surface area (TPSA) is 87.7 Å². The molecule has 2 heterocycles. The van der Waals surface area contributed by atoms with Gasteiger partial charge >= 0.3 is 0 Å². The molecule has 2 aromatic carbocycles. The molecule has 1 unspecified atom stereocenters. The summed E-state index contributed by atoms with van der Waals surface area (Å²) in [5, 5.41) is 5.26. The molecule has 0 aliphatic carbocycles. The number of benzene rings is 2. The van der Waals surface area contributed by atoms with E-state index >= 15 is 0 Å². The predicted octanol–water partition coefficient (Wildman–Crippen LogP) is 2.01. The Morgan fingerprint density at radius 2 is 1.64 bits per heavy atom. The Kier molecular flexibility index (Phi) is 4.83. The molecule has 0 aromatic heterocycles. The molecule has 7 heteroatoms. The predicted molar refractivity (Wildman–Crippen MR) is 103 cm³/mol. The zero-order valence-corrected chi connectivity index (χ0v) is 15.4. The van der Waals surface area contributed by atoms with Crippen LogP contribution in [0.3, 0.4) is 0 Å². The van der Waals surface area contributed by atoms with Crippen molar-refractivity contribution in [2.75, 3.05) is 18.4 Å². The fourth-order valence-corrected chi connectivity index (χ4v) is 3.67. The number of nitrogens with one attached hydrogen (secondary N) is 2. The minimum atomic E-state index is -0.476. The minimum absolute atomic E-state index is 0.211. The van der Waals surface area contributed by atoms with Gasteiger partial charge < -0.3 is 10.1 Å². The molecule has 2 aliphatic heterocycles. The Balaban J connectivity index is 1.44. The zero-order valence-electron chi connectivity index (χ0n) is 15.4. The number of hydrogen-bond acceptors (Lipinski definition) is 5. The Labute approximate surface area is 162 Å². The molecule has 0 spiro atoms. The highest BCUT2D eigenvalue weighted by Gasteiger charge is 2.49. The van der Waals surface area contributed by atoms with Gasteiger partial charge in [-0.25, -0.2) is 0 Å². The third-order valence-electron chi connectivity index (χ3n) is 5.31. The van der Waals surface area contributed by atoms with Crippen LogP contribution in [0.5, 0.6) is 11.5 Å². The van der Waals surface area contributed by atoms with Crippen LogP contribution in [-0.2, 0) is 14.4 Å². The second-order valence-electron chi connectivity index (χ2n) is 7.10. The average molecular weight is 379 g/mol. The number of imide groups is 1. The van der Waals surface area contributed by atoms with Gasteiger partial charge in [-0.1, -0.05) is 30.3 Å². The van der Waals surface area contributed by atoms with Crippen molar-refractivity contribution >= 4 is 23.4 Å². The molecule has 2 aromatic rings. The number of nitrogens with zero attached hydrogens (tertiary/aromatic N) is 1. The van der Waals surface area contributed by atoms with E-state index in [1.807, 2.05) is 47.4 Å². The maximum absolute atomic E-state index is 12.8. The first-order valence-electron chi connectivity index (χ1n) is 9.24. The van der Waals surface area contributed by atoms with Crippen LogP contribution in [0.25, 0.3) is 0 Å². The smallest absolute Gasteiger partial charge is 0.241 e. The zero-order chi connectivity index (χ0) is 19.7. The molecule has 2 aliphatic rings. The van der Waals surface area contributed by atoms with Crippen LogP contribution in [0, 0.1) is 11.8 Å². The largest absolute Gasteiger partial charge is 0.455 e. The molecule has 0 saturated carbocycles. The summed E-state index contributed by atoms with van der Waals surface area (Å²) in [6, 6.07) is 16.1. The summed E-state index contributed by atoms with van der Waals surface area (Å²) in [6.07, 6.45) is 0. The second kappa shape index (κ2) is 7.44. The lowest BCUT2D eigenvalue weighted by molar-refractivity contribution is -0.128. The van der Waals surface area contributed by atoms with Gasteiger partial charge in [0.15, 0.2) is 5.75 Å². The molecule has 144 valence electrons. The quantitative estimate of drug-likeness (QED) is 0.776. The van der Waals surface area contributed by atoms with Crippen molar-refractivity contribution in [2.45, 2.75) is 13.0 Å². The Hall–Kier alpha value is -3.19. The highest BCUT2D eigenvalue weighted by atomic mass is 16.5. The van der Waals surface area contributed by atoms with Crippen LogP contribution in [0.1, 0.15) is 6.92 Å². The maximum atomic E-state index is 12.8. The number of anilines is 1. The lowest BCUT2D eigenvalue weighted by atomic mass is 10.00. The molecule has 0 radical (unpaired) electrons. The van der Waals surface area contributed by atoms with Crippen LogP contribution < -0.4 is 15.4 Å². The number of likely N-dealkylation sites (tertiary alicyclic amines) is 1. The van der Waals surface area contributed by atoms with Crippen LogP contribution in [0.15, 0.2) is 54.6 Å². The van der Waals surface area contributed by atoms with Crippen molar-refractivity contribution in [1.82, 2.24) is 10.2 Å². The summed E-state index contributed by atoms with van der Waals surface area (Å²) in [6.45, 7) is 2.58. The van der Waals surface area contributed by atoms with E-state index in [-0.39, 0.29) is 29.6 Å². The van der Waals surface area contributed by atoms with Gasteiger partial charge in [0.25, 0.3) is 0 Å². The average Bonchev–Trinajstić information content (AvgIpc) is 3.25. The van der Waals surface area contributed by atoms with E-state index in [4.69, 9.17) is 4.74 Å². The van der Waals surface area contributed by atoms with Gasteiger partial charge in [0.1, 0.15) is 5.75 Å². The number of rotatable bonds is 5. The standard InChI is InChI=1S/C21H21N3O4/c1-13(24-11-15-16(12-24)21(27)23-20(15)26)19(25)22-17-9-5-6-10-18(17)28-14-7-3-2-4-8-14/h2-10,13,15-16H,11-12H2,1H3,(H,22,25)(H,23,26,27)/t13?,15-,16+. The van der Waals surface area contributed by atoms with Crippen LogP contribution >= 0.6 is 0 Å². The first kappa shape index (κ1) is 18.2. The number of ether oxygens (including phenoxy) is 1. The molecule has 4 rings (SSSR count). The van der Waals surface area contributed by atoms with Gasteiger partial charge in [-0.2, -0.15) is 0 Å². The highest BCUT2D eigenvalue weighted by Crippen LogP contribution is 2.31. The van der Waals surface area contributed by atoms with Crippen molar-refractivity contribution in [3.63, 3.8) is 0 Å². The van der Waals surface area contributed by atoms with Gasteiger partial charge in [0.2, 0.25) is 17.7 Å². The molecule has 3 atom stereocenters. The summed E-state index contributed by atoms with van der Waals surface area (Å²) in [4.78, 5) is 38.3. The highest BCUT2D eigenvalue weighted by molar-refractivity contribution is 6.06. The fourth-order valence-electron chi connectivity index (χ4n) is 3.67. The monoisotopic (exact) mass is 379 g/mol. The summed E-state index contributed by atoms with van der Waals surface area (Å²) in [7, 11) is 0. The van der Waals surface area contributed by atoms with Crippen molar-refractivity contribution in [3.05, 3.63) is 54.6 Å². The third kappa shape index (κ3) is 3.48. The van der Waals surface area contributed by atoms with Crippen LogP contribution in [-0.4, -0.2) is 41.8 Å². The van der Waals surface area contributed by atoms with Crippen molar-refractivity contribution in [1.29, 1.82) is 0 Å². The van der Waals surface area contributed by atoms with E-state index in [1.54, 1.807) is 19.1 Å². The first-order valence-corrected chi connectivity index (χ1v) is 9.24. The number of carbonyl (C=O) groups excluding carboxylic acids is 3. The normalized spacial score (nSPS) is 22.5. The SMILES string of the molecule is CC(C(=O)Nc1ccccc1Oc1ccccc1)N1C[C@@H]2C(=O)NC(=O)[C@@H]2C1. The Morgan fingerprint density at radius 3 is 2.32 bits per heavy atom. The van der Waals surface area contributed by atoms with Crippen LogP contribution in [0.4, 0.5) is 5.69 Å². The van der Waals surface area contributed by atoms with Gasteiger partial charge in [0, 0.05) is 13.1 Å². The number of hydrogen-bond donors (Lipinski definition) is 2. The first-order chi connectivity index (χ1) is 13.5. The lowest BCUT2D eigenvalue weighted by Gasteiger charge is -2.24. The number of para-hydroxylation sites is 3. The minimum Gasteiger partial charge on any atom is -0.455 e. The fraction of sp³-hybridized carbons (Fsp3) is 0.286. The molecule has 7 nitrogen and oxygen atoms in total. The molecule has 0 bridgehead atoms. The third-order valence-corrected chi connectivity index (χ3v) is 5.31. The molecule has 2 fully saturated rings. The van der Waals surface area contributed by atoms with Crippen LogP contribution in [0.2, 0.25) is 0 Å². The molecule has 2 saturated heterocycles. The summed E-state index contributed by atoms with van der Waals surface area (Å²) in [5.41, 5.74) is 0.566. The van der Waals surface area contributed by atoms with E-state index in [9.17, 15) is 14.4 Å². The van der Waals surface area contributed by atoms with Gasteiger partial charge in [-0.15, -0.1) is 0 Å². The summed E-state index contributed by atoms with van der Waals surface area (Å²) < 4.78 is 5.88. The molecule has 2 N–H and O–H groups in total. The number of carbonyl (C=O) groups is 3. The van der Waals surface area contributed by atoms with E-state index in [1.165, 1.54) is 0 Å². The van der Waals surface area contributed by atoms with Gasteiger partial charge in [-0.3, -0.25) is 24.6 Å². The Bertz CT molecular complexity index is 893. The van der Waals surface area contributed by atoms with E-state index in [2.05, 4.69) is 10.6 Å². The van der Waals surface area contributed by atoms with E-state index in [0.29, 0.717) is 30.3 Å². The van der Waals surface area contributed by atoms with Crippen molar-refractivity contribution in [2.24, 2.45) is 11.8 Å². The molecular formula is C21H21N3O4. The summed E-state index contributed by atoms with van der Waals surface area (Å²) >= 11 is 0. The van der Waals surface area contributed by atoms with Crippen molar-refractivity contribution in [3.8, 4) is 11.5 Å². The van der Waals surface area contributed by atoms with Crippen molar-refractivity contribution < 1.29 is 19.1 Å². The molecule has 28 heavy (non-hydrogen) atoms. The maximum Gasteiger partial charge on any atom is 0.241 e. The van der Waals surface area contributed by atoms with Gasteiger partial charge in [0.05, 0.1) is 23.6 Å². The van der Waals surface area contributed by atoms with E-state index in [0.717, 1.165) is 0 Å². The summed E-state index contributed by atoms with van der Waals surface area (Å²) in [5.74, 6) is -0.209. The molecular weight excluding hydrogens is 358 g/mol. The van der Waals surface area contributed by atoms with E-state index < -0.39 is 6.04 Å². The second-order valence-corrected chi connectivity index (χ2v) is 7.10. The number of fused-ring (bicyclic) bond motifs is 1. The van der Waals surface area contributed by atoms with Gasteiger partial charge in [-0.05, 0) is 31.2 Å².